The fourth-order valence-electron chi connectivity index (χ4n) is 1.99. The van der Waals surface area contributed by atoms with Crippen molar-refractivity contribution in [3.8, 4) is 0 Å². The lowest BCUT2D eigenvalue weighted by Crippen LogP contribution is -2.21. The van der Waals surface area contributed by atoms with Gasteiger partial charge >= 0.3 is 0 Å². The largest absolute Gasteiger partial charge is 0.372 e. The van der Waals surface area contributed by atoms with Crippen LogP contribution in [-0.2, 0) is 0 Å². The van der Waals surface area contributed by atoms with Gasteiger partial charge in [0.1, 0.15) is 0 Å². The summed E-state index contributed by atoms with van der Waals surface area (Å²) in [7, 11) is 1.61. The number of hydrogen-bond acceptors (Lipinski definition) is 2. The molecule has 1 saturated heterocycles. The number of benzene rings is 1. The van der Waals surface area contributed by atoms with E-state index in [9.17, 15) is 4.79 Å². The Bertz CT molecular complexity index is 400. The van der Waals surface area contributed by atoms with Gasteiger partial charge in [-0.15, -0.1) is 0 Å². The zero-order valence-corrected chi connectivity index (χ0v) is 10.0. The summed E-state index contributed by atoms with van der Waals surface area (Å²) in [5.74, 6) is -0.133. The molecule has 0 atom stereocenters. The molecule has 0 spiro atoms. The highest BCUT2D eigenvalue weighted by molar-refractivity contribution is 6.34. The molecule has 16 heavy (non-hydrogen) atoms. The van der Waals surface area contributed by atoms with Crippen LogP contribution < -0.4 is 10.2 Å². The Labute approximate surface area is 100 Å². The lowest BCUT2D eigenvalue weighted by atomic mass is 10.1. The van der Waals surface area contributed by atoms with Crippen LogP contribution in [0.5, 0.6) is 0 Å². The maximum atomic E-state index is 11.6. The van der Waals surface area contributed by atoms with Crippen LogP contribution in [-0.4, -0.2) is 26.0 Å². The second-order valence-electron chi connectivity index (χ2n) is 3.94. The minimum Gasteiger partial charge on any atom is -0.372 e. The predicted octanol–water partition coefficient (Wildman–Crippen LogP) is 2.30. The maximum absolute atomic E-state index is 11.6. The monoisotopic (exact) mass is 238 g/mol. The average Bonchev–Trinajstić information content (AvgIpc) is 2.82. The second kappa shape index (κ2) is 4.74. The Kier molecular flexibility index (Phi) is 3.34. The first kappa shape index (κ1) is 11.3. The predicted molar refractivity (Wildman–Crippen MR) is 66.3 cm³/mol. The third-order valence-electron chi connectivity index (χ3n) is 2.89. The molecule has 1 aliphatic heterocycles. The van der Waals surface area contributed by atoms with E-state index in [-0.39, 0.29) is 5.91 Å². The molecule has 0 unspecified atom stereocenters. The molecule has 1 aliphatic rings. The highest BCUT2D eigenvalue weighted by atomic mass is 35.5. The molecule has 86 valence electrons. The minimum absolute atomic E-state index is 0.133. The van der Waals surface area contributed by atoms with Gasteiger partial charge in [0.2, 0.25) is 0 Å². The molecule has 2 rings (SSSR count). The average molecular weight is 239 g/mol. The zero-order valence-electron chi connectivity index (χ0n) is 9.29. The van der Waals surface area contributed by atoms with Crippen LogP contribution in [0.4, 0.5) is 5.69 Å². The van der Waals surface area contributed by atoms with Gasteiger partial charge in [0.05, 0.1) is 10.6 Å². The molecule has 1 amide bonds. The van der Waals surface area contributed by atoms with E-state index in [1.807, 2.05) is 12.1 Å². The van der Waals surface area contributed by atoms with E-state index < -0.39 is 0 Å². The third-order valence-corrected chi connectivity index (χ3v) is 3.22. The molecule has 0 saturated carbocycles. The van der Waals surface area contributed by atoms with Gasteiger partial charge in [0.25, 0.3) is 5.91 Å². The molecule has 0 aromatic heterocycles. The van der Waals surface area contributed by atoms with E-state index in [0.29, 0.717) is 10.6 Å². The van der Waals surface area contributed by atoms with Gasteiger partial charge in [-0.05, 0) is 31.0 Å². The molecular weight excluding hydrogens is 224 g/mol. The van der Waals surface area contributed by atoms with Crippen molar-refractivity contribution in [2.75, 3.05) is 25.0 Å². The van der Waals surface area contributed by atoms with Crippen LogP contribution in [0.25, 0.3) is 0 Å². The van der Waals surface area contributed by atoms with Crippen molar-refractivity contribution in [3.05, 3.63) is 28.8 Å². The first-order valence-corrected chi connectivity index (χ1v) is 5.87. The summed E-state index contributed by atoms with van der Waals surface area (Å²) < 4.78 is 0. The Morgan fingerprint density at radius 1 is 1.38 bits per heavy atom. The third kappa shape index (κ3) is 2.14. The molecule has 3 nitrogen and oxygen atoms in total. The lowest BCUT2D eigenvalue weighted by molar-refractivity contribution is 0.0963. The first-order valence-electron chi connectivity index (χ1n) is 5.49. The SMILES string of the molecule is CNC(=O)c1cc(N2CCCC2)ccc1Cl. The summed E-state index contributed by atoms with van der Waals surface area (Å²) in [5.41, 5.74) is 1.63. The van der Waals surface area contributed by atoms with E-state index in [1.54, 1.807) is 13.1 Å². The smallest absolute Gasteiger partial charge is 0.252 e. The number of amides is 1. The molecule has 1 aromatic carbocycles. The van der Waals surface area contributed by atoms with Crippen molar-refractivity contribution in [3.63, 3.8) is 0 Å². The molecule has 1 aromatic rings. The molecule has 1 heterocycles. The number of carbonyl (C=O) groups is 1. The molecule has 0 aliphatic carbocycles. The van der Waals surface area contributed by atoms with Gasteiger partial charge in [0.15, 0.2) is 0 Å². The number of hydrogen-bond donors (Lipinski definition) is 1. The Balaban J connectivity index is 2.30. The fourth-order valence-corrected chi connectivity index (χ4v) is 2.20. The Morgan fingerprint density at radius 2 is 2.06 bits per heavy atom. The summed E-state index contributed by atoms with van der Waals surface area (Å²) >= 11 is 6.00. The van der Waals surface area contributed by atoms with Gasteiger partial charge in [-0.25, -0.2) is 0 Å². The summed E-state index contributed by atoms with van der Waals surface area (Å²) in [6, 6.07) is 5.63. The van der Waals surface area contributed by atoms with Crippen LogP contribution in [0.2, 0.25) is 5.02 Å². The van der Waals surface area contributed by atoms with Crippen molar-refractivity contribution >= 4 is 23.2 Å². The van der Waals surface area contributed by atoms with Gasteiger partial charge in [-0.3, -0.25) is 4.79 Å². The molecule has 4 heteroatoms. The van der Waals surface area contributed by atoms with Gasteiger partial charge < -0.3 is 10.2 Å². The van der Waals surface area contributed by atoms with Gasteiger partial charge in [0, 0.05) is 25.8 Å². The number of carbonyl (C=O) groups excluding carboxylic acids is 1. The Hall–Kier alpha value is -1.22. The van der Waals surface area contributed by atoms with E-state index in [0.717, 1.165) is 18.8 Å². The van der Waals surface area contributed by atoms with E-state index in [4.69, 9.17) is 11.6 Å². The van der Waals surface area contributed by atoms with Gasteiger partial charge in [-0.1, -0.05) is 11.6 Å². The number of rotatable bonds is 2. The van der Waals surface area contributed by atoms with Crippen LogP contribution in [0, 0.1) is 0 Å². The number of nitrogens with one attached hydrogen (secondary N) is 1. The summed E-state index contributed by atoms with van der Waals surface area (Å²) in [5, 5.41) is 3.10. The topological polar surface area (TPSA) is 32.3 Å². The van der Waals surface area contributed by atoms with Crippen LogP contribution in [0.1, 0.15) is 23.2 Å². The molecule has 0 bridgehead atoms. The summed E-state index contributed by atoms with van der Waals surface area (Å²) in [4.78, 5) is 13.9. The highest BCUT2D eigenvalue weighted by Gasteiger charge is 2.15. The van der Waals surface area contributed by atoms with Crippen molar-refractivity contribution < 1.29 is 4.79 Å². The molecule has 1 fully saturated rings. The second-order valence-corrected chi connectivity index (χ2v) is 4.34. The van der Waals surface area contributed by atoms with Gasteiger partial charge in [-0.2, -0.15) is 0 Å². The van der Waals surface area contributed by atoms with Crippen LogP contribution in [0.3, 0.4) is 0 Å². The van der Waals surface area contributed by atoms with Crippen LogP contribution >= 0.6 is 11.6 Å². The highest BCUT2D eigenvalue weighted by Crippen LogP contribution is 2.25. The number of nitrogens with zero attached hydrogens (tertiary/aromatic N) is 1. The quantitative estimate of drug-likeness (QED) is 0.858. The normalized spacial score (nSPS) is 15.2. The standard InChI is InChI=1S/C12H15ClN2O/c1-14-12(16)10-8-9(4-5-11(10)13)15-6-2-3-7-15/h4-5,8H,2-3,6-7H2,1H3,(H,14,16). The zero-order chi connectivity index (χ0) is 11.5. The maximum Gasteiger partial charge on any atom is 0.252 e. The molecule has 1 N–H and O–H groups in total. The van der Waals surface area contributed by atoms with Crippen molar-refractivity contribution in [2.24, 2.45) is 0 Å². The Morgan fingerprint density at radius 3 is 2.69 bits per heavy atom. The van der Waals surface area contributed by atoms with E-state index >= 15 is 0 Å². The summed E-state index contributed by atoms with van der Waals surface area (Å²) in [6.45, 7) is 2.13. The lowest BCUT2D eigenvalue weighted by Gasteiger charge is -2.18. The molecular formula is C12H15ClN2O. The van der Waals surface area contributed by atoms with Crippen molar-refractivity contribution in [2.45, 2.75) is 12.8 Å². The first-order chi connectivity index (χ1) is 7.72. The van der Waals surface area contributed by atoms with Crippen LogP contribution in [0.15, 0.2) is 18.2 Å². The number of halogens is 1. The summed E-state index contributed by atoms with van der Waals surface area (Å²) in [6.07, 6.45) is 2.44. The van der Waals surface area contributed by atoms with E-state index in [1.165, 1.54) is 12.8 Å². The fraction of sp³-hybridized carbons (Fsp3) is 0.417. The van der Waals surface area contributed by atoms with Crippen molar-refractivity contribution in [1.82, 2.24) is 5.32 Å². The van der Waals surface area contributed by atoms with Crippen molar-refractivity contribution in [1.29, 1.82) is 0 Å². The molecule has 0 radical (unpaired) electrons. The van der Waals surface area contributed by atoms with E-state index in [2.05, 4.69) is 10.2 Å². The number of anilines is 1. The minimum atomic E-state index is -0.133.